The number of piperazine rings is 2. The van der Waals surface area contributed by atoms with Crippen LogP contribution in [0.4, 0.5) is 5.69 Å². The maximum atomic E-state index is 13.7. The zero-order chi connectivity index (χ0) is 28.2. The third-order valence-corrected chi connectivity index (χ3v) is 9.26. The number of nitrogens with zero attached hydrogens (tertiary/aromatic N) is 3. The summed E-state index contributed by atoms with van der Waals surface area (Å²) in [6, 6.07) is 12.3. The van der Waals surface area contributed by atoms with Gasteiger partial charge in [0, 0.05) is 75.7 Å². The molecule has 1 saturated carbocycles. The molecule has 3 aliphatic heterocycles. The van der Waals surface area contributed by atoms with Gasteiger partial charge in [0.25, 0.3) is 11.8 Å². The molecular formula is C33H45N5O3. The molecule has 0 bridgehead atoms. The fraction of sp³-hybridized carbons (Fsp3) is 0.576. The lowest BCUT2D eigenvalue weighted by atomic mass is 9.83. The zero-order valence-electron chi connectivity index (χ0n) is 24.5. The van der Waals surface area contributed by atoms with Crippen LogP contribution in [0.1, 0.15) is 76.3 Å². The van der Waals surface area contributed by atoms with Crippen LogP contribution in [0, 0.1) is 6.92 Å². The van der Waals surface area contributed by atoms with E-state index in [9.17, 15) is 9.59 Å². The van der Waals surface area contributed by atoms with Crippen molar-refractivity contribution in [2.24, 2.45) is 0 Å². The number of anilines is 1. The fourth-order valence-corrected chi connectivity index (χ4v) is 6.90. The van der Waals surface area contributed by atoms with Crippen molar-refractivity contribution in [3.05, 3.63) is 58.7 Å². The third kappa shape index (κ3) is 6.54. The minimum Gasteiger partial charge on any atom is -0.489 e. The van der Waals surface area contributed by atoms with E-state index < -0.39 is 0 Å². The first-order valence-electron chi connectivity index (χ1n) is 15.7. The zero-order valence-corrected chi connectivity index (χ0v) is 24.5. The molecule has 1 atom stereocenters. The summed E-state index contributed by atoms with van der Waals surface area (Å²) < 4.78 is 6.44. The Kier molecular flexibility index (Phi) is 8.77. The minimum absolute atomic E-state index is 0.0553. The summed E-state index contributed by atoms with van der Waals surface area (Å²) in [5.41, 5.74) is 4.90. The largest absolute Gasteiger partial charge is 0.489 e. The van der Waals surface area contributed by atoms with Crippen LogP contribution in [0.25, 0.3) is 0 Å². The van der Waals surface area contributed by atoms with E-state index in [2.05, 4.69) is 34.6 Å². The Hall–Kier alpha value is -3.10. The molecule has 4 fully saturated rings. The molecule has 1 aliphatic carbocycles. The van der Waals surface area contributed by atoms with Gasteiger partial charge < -0.3 is 30.1 Å². The van der Waals surface area contributed by atoms with Crippen LogP contribution in [0.5, 0.6) is 5.75 Å². The van der Waals surface area contributed by atoms with E-state index in [0.29, 0.717) is 32.1 Å². The van der Waals surface area contributed by atoms with Crippen LogP contribution >= 0.6 is 0 Å². The predicted molar refractivity (Wildman–Crippen MR) is 162 cm³/mol. The maximum Gasteiger partial charge on any atom is 0.254 e. The Balaban J connectivity index is 1.12. The van der Waals surface area contributed by atoms with Crippen LogP contribution in [-0.4, -0.2) is 93.2 Å². The van der Waals surface area contributed by atoms with E-state index in [1.807, 2.05) is 34.1 Å². The summed E-state index contributed by atoms with van der Waals surface area (Å²) in [5, 5.41) is 6.78. The van der Waals surface area contributed by atoms with Crippen molar-refractivity contribution in [1.82, 2.24) is 20.4 Å². The average Bonchev–Trinajstić information content (AvgIpc) is 3.54. The van der Waals surface area contributed by atoms with Crippen LogP contribution in [0.3, 0.4) is 0 Å². The van der Waals surface area contributed by atoms with Gasteiger partial charge in [0.15, 0.2) is 0 Å². The normalized spacial score (nSPS) is 22.2. The molecular weight excluding hydrogens is 514 g/mol. The number of nitrogens with one attached hydrogen (secondary N) is 2. The van der Waals surface area contributed by atoms with Crippen molar-refractivity contribution in [1.29, 1.82) is 0 Å². The molecule has 2 N–H and O–H groups in total. The van der Waals surface area contributed by atoms with Gasteiger partial charge in [-0.15, -0.1) is 0 Å². The number of carbonyl (C=O) groups is 2. The summed E-state index contributed by atoms with van der Waals surface area (Å²) in [6.07, 6.45) is 7.31. The van der Waals surface area contributed by atoms with E-state index in [-0.39, 0.29) is 17.9 Å². The molecule has 2 aromatic rings. The molecule has 2 aromatic carbocycles. The number of rotatable bonds is 6. The number of carbonyl (C=O) groups excluding carboxylic acids is 2. The highest BCUT2D eigenvalue weighted by atomic mass is 16.5. The van der Waals surface area contributed by atoms with Crippen LogP contribution in [0.15, 0.2) is 36.4 Å². The number of amides is 2. The average molecular weight is 560 g/mol. The number of hydrogen-bond acceptors (Lipinski definition) is 6. The number of aryl methyl sites for hydroxylation is 1. The SMILES string of the molecule is Cc1cc(C(=O)N2CCN(C(=O)c3ccc(O[C@H]4CCNC4)c(C4CCCCC4)c3)CC2)cc(N2CCNCC2)c1. The van der Waals surface area contributed by atoms with Gasteiger partial charge >= 0.3 is 0 Å². The van der Waals surface area contributed by atoms with Crippen molar-refractivity contribution in [3.8, 4) is 5.75 Å². The van der Waals surface area contributed by atoms with Gasteiger partial charge in [0.1, 0.15) is 11.9 Å². The number of benzene rings is 2. The van der Waals surface area contributed by atoms with E-state index in [1.165, 1.54) is 24.8 Å². The molecule has 0 spiro atoms. The Labute approximate surface area is 244 Å². The second-order valence-electron chi connectivity index (χ2n) is 12.2. The molecule has 3 heterocycles. The van der Waals surface area contributed by atoms with E-state index in [0.717, 1.165) is 86.7 Å². The molecule has 0 aromatic heterocycles. The smallest absolute Gasteiger partial charge is 0.254 e. The third-order valence-electron chi connectivity index (χ3n) is 9.26. The Morgan fingerprint density at radius 3 is 2.15 bits per heavy atom. The van der Waals surface area contributed by atoms with E-state index in [4.69, 9.17) is 4.74 Å². The van der Waals surface area contributed by atoms with Gasteiger partial charge in [0.05, 0.1) is 0 Å². The van der Waals surface area contributed by atoms with Crippen molar-refractivity contribution in [2.75, 3.05) is 70.3 Å². The summed E-state index contributed by atoms with van der Waals surface area (Å²) in [4.78, 5) is 33.3. The Morgan fingerprint density at radius 2 is 1.46 bits per heavy atom. The highest BCUT2D eigenvalue weighted by Crippen LogP contribution is 2.39. The molecule has 4 aliphatic rings. The summed E-state index contributed by atoms with van der Waals surface area (Å²) >= 11 is 0. The van der Waals surface area contributed by atoms with Crippen molar-refractivity contribution >= 4 is 17.5 Å². The second kappa shape index (κ2) is 12.8. The van der Waals surface area contributed by atoms with Crippen molar-refractivity contribution in [3.63, 3.8) is 0 Å². The first kappa shape index (κ1) is 28.0. The molecule has 6 rings (SSSR count). The van der Waals surface area contributed by atoms with Gasteiger partial charge in [0.2, 0.25) is 0 Å². The molecule has 3 saturated heterocycles. The molecule has 0 radical (unpaired) electrons. The molecule has 8 heteroatoms. The molecule has 0 unspecified atom stereocenters. The quantitative estimate of drug-likeness (QED) is 0.561. The van der Waals surface area contributed by atoms with E-state index >= 15 is 0 Å². The Bertz CT molecular complexity index is 1220. The first-order chi connectivity index (χ1) is 20.0. The van der Waals surface area contributed by atoms with Gasteiger partial charge in [-0.2, -0.15) is 0 Å². The minimum atomic E-state index is 0.0553. The summed E-state index contributed by atoms with van der Waals surface area (Å²) in [7, 11) is 0. The van der Waals surface area contributed by atoms with Crippen LogP contribution in [-0.2, 0) is 0 Å². The predicted octanol–water partition coefficient (Wildman–Crippen LogP) is 3.79. The lowest BCUT2D eigenvalue weighted by Crippen LogP contribution is -2.50. The van der Waals surface area contributed by atoms with Crippen molar-refractivity contribution < 1.29 is 14.3 Å². The lowest BCUT2D eigenvalue weighted by molar-refractivity contribution is 0.0535. The van der Waals surface area contributed by atoms with Crippen molar-refractivity contribution in [2.45, 2.75) is 57.5 Å². The monoisotopic (exact) mass is 559 g/mol. The maximum absolute atomic E-state index is 13.7. The summed E-state index contributed by atoms with van der Waals surface area (Å²) in [6.45, 7) is 9.95. The number of hydrogen-bond donors (Lipinski definition) is 2. The molecule has 2 amide bonds. The standard InChI is InChI=1S/C33H45N5O3/c1-24-19-27(21-28(20-24)36-13-11-34-12-14-36)33(40)38-17-15-37(16-18-38)32(39)26-7-8-31(41-29-9-10-35-23-29)30(22-26)25-5-3-2-4-6-25/h7-8,19-22,25,29,34-35H,2-6,9-18,23H2,1H3/t29-/m0/s1. The molecule has 41 heavy (non-hydrogen) atoms. The Morgan fingerprint density at radius 1 is 0.756 bits per heavy atom. The van der Waals surface area contributed by atoms with Gasteiger partial charge in [-0.05, 0) is 86.2 Å². The topological polar surface area (TPSA) is 77.2 Å². The molecule has 220 valence electrons. The van der Waals surface area contributed by atoms with Crippen LogP contribution < -0.4 is 20.3 Å². The van der Waals surface area contributed by atoms with Gasteiger partial charge in [-0.3, -0.25) is 9.59 Å². The summed E-state index contributed by atoms with van der Waals surface area (Å²) in [5.74, 6) is 1.52. The highest BCUT2D eigenvalue weighted by molar-refractivity contribution is 5.97. The van der Waals surface area contributed by atoms with E-state index in [1.54, 1.807) is 0 Å². The van der Waals surface area contributed by atoms with Gasteiger partial charge in [-0.1, -0.05) is 19.3 Å². The molecule has 8 nitrogen and oxygen atoms in total. The highest BCUT2D eigenvalue weighted by Gasteiger charge is 2.28. The fourth-order valence-electron chi connectivity index (χ4n) is 6.90. The van der Waals surface area contributed by atoms with Gasteiger partial charge in [-0.25, -0.2) is 0 Å². The first-order valence-corrected chi connectivity index (χ1v) is 15.7. The lowest BCUT2D eigenvalue weighted by Gasteiger charge is -2.35. The second-order valence-corrected chi connectivity index (χ2v) is 12.2. The number of ether oxygens (including phenoxy) is 1. The van der Waals surface area contributed by atoms with Crippen LogP contribution in [0.2, 0.25) is 0 Å².